The van der Waals surface area contributed by atoms with Crippen LogP contribution in [0.4, 0.5) is 9.18 Å². The molecule has 1 aromatic heterocycles. The lowest BCUT2D eigenvalue weighted by Crippen LogP contribution is -2.42. The molecule has 1 aromatic carbocycles. The summed E-state index contributed by atoms with van der Waals surface area (Å²) in [5, 5.41) is 2.85. The number of nitrogens with zero attached hydrogens (tertiary/aromatic N) is 2. The van der Waals surface area contributed by atoms with Crippen molar-refractivity contribution >= 4 is 12.0 Å². The fraction of sp³-hybridized carbons (Fsp3) is 0.478. The Labute approximate surface area is 182 Å². The van der Waals surface area contributed by atoms with Crippen LogP contribution in [0.15, 0.2) is 36.5 Å². The highest BCUT2D eigenvalue weighted by Gasteiger charge is 2.28. The van der Waals surface area contributed by atoms with E-state index in [4.69, 9.17) is 9.47 Å². The van der Waals surface area contributed by atoms with Crippen molar-refractivity contribution in [1.29, 1.82) is 0 Å². The molecular formula is C23H30FN3O4. The zero-order valence-corrected chi connectivity index (χ0v) is 18.5. The molecule has 0 radical (unpaired) electrons. The van der Waals surface area contributed by atoms with Crippen LogP contribution in [-0.4, -0.2) is 47.3 Å². The number of rotatable bonds is 5. The standard InChI is InChI=1S/C23H30FN3O4/c1-23(2,3)31-22(29)26-12-9-17(10-13-26)27-11-5-6-19(27)21(28)25-15-16-7-8-20(30-4)18(24)14-16/h5-8,11,14,17H,9-10,12-13,15H2,1-4H3,(H,25,28). The predicted octanol–water partition coefficient (Wildman–Crippen LogP) is 4.14. The molecule has 0 spiro atoms. The van der Waals surface area contributed by atoms with E-state index in [9.17, 15) is 14.0 Å². The number of methoxy groups -OCH3 is 1. The lowest BCUT2D eigenvalue weighted by atomic mass is 10.0. The Morgan fingerprint density at radius 2 is 1.90 bits per heavy atom. The van der Waals surface area contributed by atoms with E-state index in [1.165, 1.54) is 19.2 Å². The zero-order valence-electron chi connectivity index (χ0n) is 18.5. The van der Waals surface area contributed by atoms with E-state index in [1.807, 2.05) is 37.6 Å². The number of benzene rings is 1. The molecule has 3 rings (SSSR count). The molecule has 1 N–H and O–H groups in total. The SMILES string of the molecule is COc1ccc(CNC(=O)c2cccn2C2CCN(C(=O)OC(C)(C)C)CC2)cc1F. The number of likely N-dealkylation sites (tertiary alicyclic amines) is 1. The molecule has 1 aliphatic rings. The van der Waals surface area contributed by atoms with E-state index in [0.717, 1.165) is 12.8 Å². The summed E-state index contributed by atoms with van der Waals surface area (Å²) in [6.45, 7) is 6.91. The van der Waals surface area contributed by atoms with Gasteiger partial charge in [-0.1, -0.05) is 6.07 Å². The normalized spacial score (nSPS) is 14.9. The van der Waals surface area contributed by atoms with Crippen molar-refractivity contribution in [3.8, 4) is 5.75 Å². The van der Waals surface area contributed by atoms with Crippen molar-refractivity contribution < 1.29 is 23.5 Å². The molecule has 1 saturated heterocycles. The van der Waals surface area contributed by atoms with Crippen molar-refractivity contribution in [3.63, 3.8) is 0 Å². The molecule has 168 valence electrons. The summed E-state index contributed by atoms with van der Waals surface area (Å²) in [7, 11) is 1.41. The minimum absolute atomic E-state index is 0.118. The largest absolute Gasteiger partial charge is 0.494 e. The number of nitrogens with one attached hydrogen (secondary N) is 1. The summed E-state index contributed by atoms with van der Waals surface area (Å²) in [4.78, 5) is 26.7. The Balaban J connectivity index is 1.58. The van der Waals surface area contributed by atoms with Crippen LogP contribution in [0.25, 0.3) is 0 Å². The van der Waals surface area contributed by atoms with Crippen LogP contribution in [0.1, 0.15) is 55.7 Å². The van der Waals surface area contributed by atoms with Crippen molar-refractivity contribution in [2.45, 2.75) is 51.8 Å². The number of carbonyl (C=O) groups excluding carboxylic acids is 2. The number of halogens is 1. The van der Waals surface area contributed by atoms with Crippen LogP contribution >= 0.6 is 0 Å². The van der Waals surface area contributed by atoms with Crippen LogP contribution in [-0.2, 0) is 11.3 Å². The van der Waals surface area contributed by atoms with Gasteiger partial charge in [0.15, 0.2) is 11.6 Å². The molecular weight excluding hydrogens is 401 g/mol. The Morgan fingerprint density at radius 3 is 2.52 bits per heavy atom. The molecule has 2 amide bonds. The lowest BCUT2D eigenvalue weighted by Gasteiger charge is -2.34. The minimum Gasteiger partial charge on any atom is -0.494 e. The zero-order chi connectivity index (χ0) is 22.6. The van der Waals surface area contributed by atoms with Gasteiger partial charge in [-0.25, -0.2) is 9.18 Å². The first kappa shape index (κ1) is 22.7. The van der Waals surface area contributed by atoms with E-state index in [1.54, 1.807) is 17.0 Å². The molecule has 2 heterocycles. The van der Waals surface area contributed by atoms with Crippen molar-refractivity contribution in [1.82, 2.24) is 14.8 Å². The second kappa shape index (κ2) is 9.41. The van der Waals surface area contributed by atoms with E-state index in [2.05, 4.69) is 5.32 Å². The molecule has 0 unspecified atom stereocenters. The third kappa shape index (κ3) is 5.77. The van der Waals surface area contributed by atoms with E-state index in [0.29, 0.717) is 24.3 Å². The van der Waals surface area contributed by atoms with Gasteiger partial charge in [-0.2, -0.15) is 0 Å². The molecule has 0 atom stereocenters. The summed E-state index contributed by atoms with van der Waals surface area (Å²) in [6.07, 6.45) is 3.05. The number of hydrogen-bond acceptors (Lipinski definition) is 4. The van der Waals surface area contributed by atoms with Crippen LogP contribution in [0.5, 0.6) is 5.75 Å². The average Bonchev–Trinajstić information content (AvgIpc) is 3.21. The van der Waals surface area contributed by atoms with Gasteiger partial charge in [0.25, 0.3) is 5.91 Å². The summed E-state index contributed by atoms with van der Waals surface area (Å²) < 4.78 is 26.2. The Kier molecular flexibility index (Phi) is 6.87. The maximum Gasteiger partial charge on any atom is 0.410 e. The summed E-state index contributed by atoms with van der Waals surface area (Å²) in [5.41, 5.74) is 0.673. The monoisotopic (exact) mass is 431 g/mol. The van der Waals surface area contributed by atoms with Gasteiger partial charge in [0.2, 0.25) is 0 Å². The number of aromatic nitrogens is 1. The topological polar surface area (TPSA) is 72.8 Å². The molecule has 2 aromatic rings. The fourth-order valence-electron chi connectivity index (χ4n) is 3.65. The Morgan fingerprint density at radius 1 is 1.19 bits per heavy atom. The first-order valence-corrected chi connectivity index (χ1v) is 10.4. The first-order chi connectivity index (χ1) is 14.7. The van der Waals surface area contributed by atoms with Gasteiger partial charge in [0.1, 0.15) is 11.3 Å². The van der Waals surface area contributed by atoms with Crippen molar-refractivity contribution in [2.75, 3.05) is 20.2 Å². The average molecular weight is 432 g/mol. The predicted molar refractivity (Wildman–Crippen MR) is 115 cm³/mol. The van der Waals surface area contributed by atoms with Gasteiger partial charge in [-0.15, -0.1) is 0 Å². The van der Waals surface area contributed by atoms with Crippen LogP contribution < -0.4 is 10.1 Å². The molecule has 1 fully saturated rings. The van der Waals surface area contributed by atoms with Gasteiger partial charge < -0.3 is 24.3 Å². The van der Waals surface area contributed by atoms with Crippen LogP contribution in [0.2, 0.25) is 0 Å². The van der Waals surface area contributed by atoms with Gasteiger partial charge >= 0.3 is 6.09 Å². The molecule has 0 aliphatic carbocycles. The molecule has 7 nitrogen and oxygen atoms in total. The highest BCUT2D eigenvalue weighted by Crippen LogP contribution is 2.26. The third-order valence-electron chi connectivity index (χ3n) is 5.19. The maximum atomic E-state index is 13.9. The smallest absolute Gasteiger partial charge is 0.410 e. The quantitative estimate of drug-likeness (QED) is 0.772. The van der Waals surface area contributed by atoms with Gasteiger partial charge in [-0.05, 0) is 63.4 Å². The number of amides is 2. The Hall–Kier alpha value is -3.03. The van der Waals surface area contributed by atoms with Gasteiger partial charge in [0, 0.05) is 31.9 Å². The highest BCUT2D eigenvalue weighted by molar-refractivity contribution is 5.92. The van der Waals surface area contributed by atoms with E-state index in [-0.39, 0.29) is 30.3 Å². The first-order valence-electron chi connectivity index (χ1n) is 10.4. The third-order valence-corrected chi connectivity index (χ3v) is 5.19. The maximum absolute atomic E-state index is 13.9. The van der Waals surface area contributed by atoms with Crippen LogP contribution in [0, 0.1) is 5.82 Å². The number of carbonyl (C=O) groups is 2. The van der Waals surface area contributed by atoms with Gasteiger partial charge in [0.05, 0.1) is 7.11 Å². The van der Waals surface area contributed by atoms with Crippen LogP contribution in [0.3, 0.4) is 0 Å². The summed E-state index contributed by atoms with van der Waals surface area (Å²) in [6, 6.07) is 8.33. The second-order valence-corrected chi connectivity index (χ2v) is 8.65. The number of piperidine rings is 1. The fourth-order valence-corrected chi connectivity index (χ4v) is 3.65. The lowest BCUT2D eigenvalue weighted by molar-refractivity contribution is 0.0187. The summed E-state index contributed by atoms with van der Waals surface area (Å²) >= 11 is 0. The molecule has 1 aliphatic heterocycles. The molecule has 0 saturated carbocycles. The highest BCUT2D eigenvalue weighted by atomic mass is 19.1. The summed E-state index contributed by atoms with van der Waals surface area (Å²) in [5.74, 6) is -0.521. The number of hydrogen-bond donors (Lipinski definition) is 1. The molecule has 0 bridgehead atoms. The van der Waals surface area contributed by atoms with Crippen molar-refractivity contribution in [2.24, 2.45) is 0 Å². The van der Waals surface area contributed by atoms with E-state index >= 15 is 0 Å². The van der Waals surface area contributed by atoms with Gasteiger partial charge in [-0.3, -0.25) is 4.79 Å². The molecule has 8 heteroatoms. The second-order valence-electron chi connectivity index (χ2n) is 8.65. The minimum atomic E-state index is -0.521. The van der Waals surface area contributed by atoms with E-state index < -0.39 is 11.4 Å². The van der Waals surface area contributed by atoms with Crippen molar-refractivity contribution in [3.05, 3.63) is 53.6 Å². The number of ether oxygens (including phenoxy) is 2. The Bertz CT molecular complexity index is 927. The molecule has 31 heavy (non-hydrogen) atoms.